The van der Waals surface area contributed by atoms with E-state index in [9.17, 15) is 0 Å². The Morgan fingerprint density at radius 1 is 1.09 bits per heavy atom. The number of ether oxygens (including phenoxy) is 2. The second-order valence-electron chi connectivity index (χ2n) is 6.80. The van der Waals surface area contributed by atoms with E-state index in [1.807, 2.05) is 0 Å². The zero-order chi connectivity index (χ0) is 15.9. The van der Waals surface area contributed by atoms with Gasteiger partial charge >= 0.3 is 0 Å². The Labute approximate surface area is 135 Å². The topological polar surface area (TPSA) is 21.7 Å². The quantitative estimate of drug-likeness (QED) is 0.709. The smallest absolute Gasteiger partial charge is 0.119 e. The van der Waals surface area contributed by atoms with Crippen LogP contribution in [0.5, 0.6) is 5.75 Å². The summed E-state index contributed by atoms with van der Waals surface area (Å²) in [7, 11) is 0. The molecule has 1 aliphatic heterocycles. The van der Waals surface area contributed by atoms with Gasteiger partial charge in [-0.05, 0) is 56.8 Å². The third kappa shape index (κ3) is 5.62. The third-order valence-electron chi connectivity index (χ3n) is 4.18. The summed E-state index contributed by atoms with van der Waals surface area (Å²) < 4.78 is 11.6. The molecule has 0 unspecified atom stereocenters. The van der Waals surface area contributed by atoms with E-state index in [4.69, 9.17) is 9.47 Å². The number of hydrogen-bond acceptors (Lipinski definition) is 3. The molecule has 124 valence electrons. The molecule has 0 saturated carbocycles. The van der Waals surface area contributed by atoms with E-state index in [1.54, 1.807) is 0 Å². The normalized spacial score (nSPS) is 23.0. The molecule has 1 heterocycles. The molecule has 1 aromatic rings. The number of nitrogens with zero attached hydrogens (tertiary/aromatic N) is 1. The third-order valence-corrected chi connectivity index (χ3v) is 4.18. The van der Waals surface area contributed by atoms with E-state index >= 15 is 0 Å². The van der Waals surface area contributed by atoms with Crippen molar-refractivity contribution in [2.45, 2.75) is 58.7 Å². The molecule has 1 aromatic carbocycles. The van der Waals surface area contributed by atoms with E-state index in [1.165, 1.54) is 12.0 Å². The van der Waals surface area contributed by atoms with Crippen molar-refractivity contribution < 1.29 is 9.47 Å². The van der Waals surface area contributed by atoms with Crippen molar-refractivity contribution in [1.29, 1.82) is 0 Å². The van der Waals surface area contributed by atoms with Crippen LogP contribution in [0.25, 0.3) is 0 Å². The monoisotopic (exact) mass is 305 g/mol. The number of benzene rings is 1. The molecular weight excluding hydrogens is 274 g/mol. The molecule has 2 rings (SSSR count). The Bertz CT molecular complexity index is 420. The minimum absolute atomic E-state index is 0.361. The average Bonchev–Trinajstić information content (AvgIpc) is 2.46. The number of rotatable bonds is 7. The van der Waals surface area contributed by atoms with Crippen LogP contribution in [0.1, 0.15) is 52.0 Å². The lowest BCUT2D eigenvalue weighted by Gasteiger charge is -2.35. The van der Waals surface area contributed by atoms with Crippen molar-refractivity contribution in [3.05, 3.63) is 29.8 Å². The van der Waals surface area contributed by atoms with Crippen molar-refractivity contribution in [3.63, 3.8) is 0 Å². The maximum Gasteiger partial charge on any atom is 0.119 e. The van der Waals surface area contributed by atoms with Crippen molar-refractivity contribution in [1.82, 2.24) is 4.90 Å². The Morgan fingerprint density at radius 3 is 2.32 bits per heavy atom. The van der Waals surface area contributed by atoms with Gasteiger partial charge in [0, 0.05) is 13.1 Å². The average molecular weight is 305 g/mol. The molecular formula is C19H31NO2. The van der Waals surface area contributed by atoms with Crippen LogP contribution in [-0.2, 0) is 4.74 Å². The first-order chi connectivity index (χ1) is 10.5. The van der Waals surface area contributed by atoms with E-state index in [0.29, 0.717) is 18.1 Å². The van der Waals surface area contributed by atoms with E-state index in [-0.39, 0.29) is 0 Å². The maximum atomic E-state index is 5.83. The van der Waals surface area contributed by atoms with Gasteiger partial charge in [-0.25, -0.2) is 0 Å². The lowest BCUT2D eigenvalue weighted by atomic mass is 10.0. The molecule has 2 atom stereocenters. The largest absolute Gasteiger partial charge is 0.494 e. The highest BCUT2D eigenvalue weighted by Crippen LogP contribution is 2.18. The fraction of sp³-hybridized carbons (Fsp3) is 0.684. The Hall–Kier alpha value is -1.06. The van der Waals surface area contributed by atoms with Crippen molar-refractivity contribution >= 4 is 0 Å². The van der Waals surface area contributed by atoms with Crippen LogP contribution >= 0.6 is 0 Å². The second-order valence-corrected chi connectivity index (χ2v) is 6.80. The molecule has 0 aliphatic carbocycles. The summed E-state index contributed by atoms with van der Waals surface area (Å²) in [5, 5.41) is 0. The maximum absolute atomic E-state index is 5.83. The zero-order valence-electron chi connectivity index (χ0n) is 14.5. The van der Waals surface area contributed by atoms with E-state index < -0.39 is 0 Å². The van der Waals surface area contributed by atoms with Crippen LogP contribution in [0.15, 0.2) is 24.3 Å². The van der Waals surface area contributed by atoms with Gasteiger partial charge in [0.25, 0.3) is 0 Å². The summed E-state index contributed by atoms with van der Waals surface area (Å²) in [5.74, 6) is 1.56. The van der Waals surface area contributed by atoms with E-state index in [2.05, 4.69) is 56.9 Å². The summed E-state index contributed by atoms with van der Waals surface area (Å²) in [5.41, 5.74) is 1.36. The minimum atomic E-state index is 0.361. The Morgan fingerprint density at radius 2 is 1.73 bits per heavy atom. The van der Waals surface area contributed by atoms with E-state index in [0.717, 1.165) is 38.4 Å². The summed E-state index contributed by atoms with van der Waals surface area (Å²) in [6.45, 7) is 12.8. The molecule has 0 bridgehead atoms. The van der Waals surface area contributed by atoms with Crippen LogP contribution in [0, 0.1) is 0 Å². The van der Waals surface area contributed by atoms with Gasteiger partial charge in [-0.2, -0.15) is 0 Å². The highest BCUT2D eigenvalue weighted by atomic mass is 16.5. The standard InChI is InChI=1S/C19H31NO2/c1-15(2)18-7-9-19(10-8-18)21-12-6-5-11-20-13-16(3)22-17(4)14-20/h7-10,15-17H,5-6,11-14H2,1-4H3/t16-,17+. The predicted molar refractivity (Wildman–Crippen MR) is 91.7 cm³/mol. The van der Waals surface area contributed by atoms with Crippen molar-refractivity contribution in [2.75, 3.05) is 26.2 Å². The summed E-state index contributed by atoms with van der Waals surface area (Å²) in [6, 6.07) is 8.49. The molecule has 0 amide bonds. The van der Waals surface area contributed by atoms with Crippen LogP contribution in [-0.4, -0.2) is 43.3 Å². The van der Waals surface area contributed by atoms with Gasteiger partial charge in [0.05, 0.1) is 18.8 Å². The SMILES string of the molecule is CC(C)c1ccc(OCCCCN2C[C@@H](C)O[C@@H](C)C2)cc1. The van der Waals surface area contributed by atoms with Gasteiger partial charge < -0.3 is 9.47 Å². The molecule has 3 nitrogen and oxygen atoms in total. The summed E-state index contributed by atoms with van der Waals surface area (Å²) >= 11 is 0. The minimum Gasteiger partial charge on any atom is -0.494 e. The van der Waals surface area contributed by atoms with Crippen molar-refractivity contribution in [3.8, 4) is 5.75 Å². The van der Waals surface area contributed by atoms with Crippen molar-refractivity contribution in [2.24, 2.45) is 0 Å². The van der Waals surface area contributed by atoms with Gasteiger partial charge in [0.2, 0.25) is 0 Å². The van der Waals surface area contributed by atoms with Gasteiger partial charge in [-0.1, -0.05) is 26.0 Å². The Balaban J connectivity index is 1.61. The van der Waals surface area contributed by atoms with Gasteiger partial charge in [-0.3, -0.25) is 4.90 Å². The molecule has 0 N–H and O–H groups in total. The van der Waals surface area contributed by atoms with Crippen LogP contribution in [0.4, 0.5) is 0 Å². The molecule has 1 aliphatic rings. The highest BCUT2D eigenvalue weighted by Gasteiger charge is 2.21. The lowest BCUT2D eigenvalue weighted by Crippen LogP contribution is -2.45. The fourth-order valence-corrected chi connectivity index (χ4v) is 3.04. The number of morpholine rings is 1. The molecule has 1 saturated heterocycles. The summed E-state index contributed by atoms with van der Waals surface area (Å²) in [4.78, 5) is 2.51. The highest BCUT2D eigenvalue weighted by molar-refractivity contribution is 5.28. The first-order valence-corrected chi connectivity index (χ1v) is 8.65. The predicted octanol–water partition coefficient (Wildman–Crippen LogP) is 4.08. The number of unbranched alkanes of at least 4 members (excludes halogenated alkanes) is 1. The van der Waals surface area contributed by atoms with Gasteiger partial charge in [0.15, 0.2) is 0 Å². The van der Waals surface area contributed by atoms with Gasteiger partial charge in [0.1, 0.15) is 5.75 Å². The number of hydrogen-bond donors (Lipinski definition) is 0. The first-order valence-electron chi connectivity index (χ1n) is 8.65. The fourth-order valence-electron chi connectivity index (χ4n) is 3.04. The Kier molecular flexibility index (Phi) is 6.71. The molecule has 0 radical (unpaired) electrons. The molecule has 1 fully saturated rings. The zero-order valence-corrected chi connectivity index (χ0v) is 14.5. The summed E-state index contributed by atoms with van der Waals surface area (Å²) in [6.07, 6.45) is 3.01. The van der Waals surface area contributed by atoms with Gasteiger partial charge in [-0.15, -0.1) is 0 Å². The molecule has 22 heavy (non-hydrogen) atoms. The molecule has 3 heteroatoms. The van der Waals surface area contributed by atoms with Crippen LogP contribution in [0.2, 0.25) is 0 Å². The van der Waals surface area contributed by atoms with Crippen LogP contribution < -0.4 is 4.74 Å². The molecule has 0 spiro atoms. The lowest BCUT2D eigenvalue weighted by molar-refractivity contribution is -0.0682. The first kappa shape index (κ1) is 17.3. The molecule has 0 aromatic heterocycles. The van der Waals surface area contributed by atoms with Crippen LogP contribution in [0.3, 0.4) is 0 Å². The second kappa shape index (κ2) is 8.54.